The van der Waals surface area contributed by atoms with Crippen LogP contribution in [-0.2, 0) is 4.79 Å². The number of piperidine rings is 1. The molecular formula is C15H26N2OS. The number of nitrogens with one attached hydrogen (secondary N) is 2. The molecule has 2 N–H and O–H groups in total. The summed E-state index contributed by atoms with van der Waals surface area (Å²) < 4.78 is 0. The van der Waals surface area contributed by atoms with Crippen LogP contribution >= 0.6 is 11.8 Å². The summed E-state index contributed by atoms with van der Waals surface area (Å²) in [7, 11) is 0. The molecule has 4 heteroatoms. The van der Waals surface area contributed by atoms with E-state index < -0.39 is 0 Å². The molecule has 0 aromatic carbocycles. The van der Waals surface area contributed by atoms with Gasteiger partial charge in [0.25, 0.3) is 0 Å². The lowest BCUT2D eigenvalue weighted by molar-refractivity contribution is -0.122. The SMILES string of the molecule is CSC1CCC(NC(=O)CC2CC3CCC(C2)N3)C1. The van der Waals surface area contributed by atoms with Crippen LogP contribution in [-0.4, -0.2) is 35.5 Å². The van der Waals surface area contributed by atoms with Crippen LogP contribution < -0.4 is 10.6 Å². The largest absolute Gasteiger partial charge is 0.353 e. The first-order valence-corrected chi connectivity index (χ1v) is 9.10. The van der Waals surface area contributed by atoms with Crippen molar-refractivity contribution in [1.29, 1.82) is 0 Å². The van der Waals surface area contributed by atoms with Crippen molar-refractivity contribution in [3.63, 3.8) is 0 Å². The summed E-state index contributed by atoms with van der Waals surface area (Å²) in [6, 6.07) is 1.84. The summed E-state index contributed by atoms with van der Waals surface area (Å²) in [4.78, 5) is 12.2. The number of rotatable bonds is 4. The lowest BCUT2D eigenvalue weighted by Gasteiger charge is -2.29. The molecule has 3 aliphatic rings. The maximum Gasteiger partial charge on any atom is 0.220 e. The minimum absolute atomic E-state index is 0.304. The van der Waals surface area contributed by atoms with Gasteiger partial charge < -0.3 is 10.6 Å². The molecule has 2 saturated heterocycles. The standard InChI is InChI=1S/C15H26N2OS/c1-19-14-5-4-13(9-14)17-15(18)8-10-6-11-2-3-12(7-10)16-11/h10-14,16H,2-9H2,1H3,(H,17,18). The summed E-state index contributed by atoms with van der Waals surface area (Å²) in [5, 5.41) is 7.68. The smallest absolute Gasteiger partial charge is 0.220 e. The molecule has 0 radical (unpaired) electrons. The second kappa shape index (κ2) is 6.04. The fourth-order valence-corrected chi connectivity index (χ4v) is 4.97. The Morgan fingerprint density at radius 3 is 2.53 bits per heavy atom. The van der Waals surface area contributed by atoms with Crippen molar-refractivity contribution < 1.29 is 4.79 Å². The number of fused-ring (bicyclic) bond motifs is 2. The average Bonchev–Trinajstić information content (AvgIpc) is 2.96. The molecule has 1 saturated carbocycles. The quantitative estimate of drug-likeness (QED) is 0.831. The predicted molar refractivity (Wildman–Crippen MR) is 80.4 cm³/mol. The van der Waals surface area contributed by atoms with Crippen LogP contribution in [0.5, 0.6) is 0 Å². The van der Waals surface area contributed by atoms with Gasteiger partial charge >= 0.3 is 0 Å². The van der Waals surface area contributed by atoms with E-state index in [-0.39, 0.29) is 0 Å². The van der Waals surface area contributed by atoms with E-state index in [2.05, 4.69) is 16.9 Å². The second-order valence-corrected chi connectivity index (χ2v) is 7.75. The average molecular weight is 282 g/mol. The maximum atomic E-state index is 12.2. The zero-order chi connectivity index (χ0) is 13.2. The number of carbonyl (C=O) groups excluding carboxylic acids is 1. The normalized spacial score (nSPS) is 41.4. The van der Waals surface area contributed by atoms with E-state index in [0.717, 1.165) is 11.7 Å². The molecule has 2 heterocycles. The molecule has 1 aliphatic carbocycles. The van der Waals surface area contributed by atoms with Gasteiger partial charge in [-0.05, 0) is 57.1 Å². The van der Waals surface area contributed by atoms with Gasteiger partial charge in [-0.3, -0.25) is 4.79 Å². The molecular weight excluding hydrogens is 256 g/mol. The number of hydrogen-bond acceptors (Lipinski definition) is 3. The molecule has 0 aromatic rings. The van der Waals surface area contributed by atoms with Crippen molar-refractivity contribution in [3.05, 3.63) is 0 Å². The minimum Gasteiger partial charge on any atom is -0.353 e. The fraction of sp³-hybridized carbons (Fsp3) is 0.933. The van der Waals surface area contributed by atoms with Crippen LogP contribution in [0.3, 0.4) is 0 Å². The third-order valence-corrected chi connectivity index (χ3v) is 6.22. The lowest BCUT2D eigenvalue weighted by atomic mass is 9.89. The monoisotopic (exact) mass is 282 g/mol. The van der Waals surface area contributed by atoms with Gasteiger partial charge in [0.2, 0.25) is 5.91 Å². The van der Waals surface area contributed by atoms with E-state index in [9.17, 15) is 4.79 Å². The van der Waals surface area contributed by atoms with Crippen molar-refractivity contribution in [3.8, 4) is 0 Å². The molecule has 19 heavy (non-hydrogen) atoms. The summed E-state index contributed by atoms with van der Waals surface area (Å²) in [6.07, 6.45) is 11.6. The molecule has 0 spiro atoms. The van der Waals surface area contributed by atoms with Crippen LogP contribution in [0.4, 0.5) is 0 Å². The highest BCUT2D eigenvalue weighted by Crippen LogP contribution is 2.33. The van der Waals surface area contributed by atoms with Crippen LogP contribution in [0.15, 0.2) is 0 Å². The summed E-state index contributed by atoms with van der Waals surface area (Å²) in [6.45, 7) is 0. The van der Waals surface area contributed by atoms with E-state index in [0.29, 0.717) is 30.0 Å². The summed E-state index contributed by atoms with van der Waals surface area (Å²) in [5.41, 5.74) is 0. The number of amides is 1. The predicted octanol–water partition coefficient (Wildman–Crippen LogP) is 2.31. The van der Waals surface area contributed by atoms with Crippen molar-refractivity contribution in [1.82, 2.24) is 10.6 Å². The Morgan fingerprint density at radius 1 is 1.16 bits per heavy atom. The summed E-state index contributed by atoms with van der Waals surface area (Å²) in [5.74, 6) is 0.926. The van der Waals surface area contributed by atoms with Gasteiger partial charge in [0, 0.05) is 29.8 Å². The molecule has 4 atom stereocenters. The number of hydrogen-bond donors (Lipinski definition) is 2. The van der Waals surface area contributed by atoms with Gasteiger partial charge in [-0.15, -0.1) is 0 Å². The molecule has 2 aliphatic heterocycles. The molecule has 4 unspecified atom stereocenters. The van der Waals surface area contributed by atoms with Crippen LogP contribution in [0.2, 0.25) is 0 Å². The maximum absolute atomic E-state index is 12.2. The molecule has 108 valence electrons. The van der Waals surface area contributed by atoms with Crippen molar-refractivity contribution >= 4 is 17.7 Å². The van der Waals surface area contributed by atoms with E-state index in [1.54, 1.807) is 0 Å². The molecule has 3 nitrogen and oxygen atoms in total. The van der Waals surface area contributed by atoms with Gasteiger partial charge in [-0.2, -0.15) is 11.8 Å². The van der Waals surface area contributed by atoms with E-state index in [1.165, 1.54) is 44.9 Å². The molecule has 1 amide bonds. The highest BCUT2D eigenvalue weighted by Gasteiger charge is 2.34. The first kappa shape index (κ1) is 13.7. The Balaban J connectivity index is 1.42. The zero-order valence-corrected chi connectivity index (χ0v) is 12.7. The van der Waals surface area contributed by atoms with Crippen molar-refractivity contribution in [2.24, 2.45) is 5.92 Å². The zero-order valence-electron chi connectivity index (χ0n) is 11.9. The minimum atomic E-state index is 0.304. The lowest BCUT2D eigenvalue weighted by Crippen LogP contribution is -2.41. The van der Waals surface area contributed by atoms with Crippen LogP contribution in [0.1, 0.15) is 51.4 Å². The molecule has 3 fully saturated rings. The van der Waals surface area contributed by atoms with Gasteiger partial charge in [-0.1, -0.05) is 0 Å². The van der Waals surface area contributed by atoms with Gasteiger partial charge in [0.1, 0.15) is 0 Å². The summed E-state index contributed by atoms with van der Waals surface area (Å²) >= 11 is 1.95. The Kier molecular flexibility index (Phi) is 4.37. The van der Waals surface area contributed by atoms with Crippen molar-refractivity contribution in [2.75, 3.05) is 6.26 Å². The third-order valence-electron chi connectivity index (χ3n) is 5.13. The second-order valence-electron chi connectivity index (χ2n) is 6.61. The first-order valence-electron chi connectivity index (χ1n) is 7.81. The van der Waals surface area contributed by atoms with Gasteiger partial charge in [0.05, 0.1) is 0 Å². The Morgan fingerprint density at radius 2 is 1.89 bits per heavy atom. The molecule has 3 rings (SSSR count). The highest BCUT2D eigenvalue weighted by molar-refractivity contribution is 7.99. The number of carbonyl (C=O) groups is 1. The molecule has 2 bridgehead atoms. The third kappa shape index (κ3) is 3.46. The number of thioether (sulfide) groups is 1. The van der Waals surface area contributed by atoms with Gasteiger partial charge in [0.15, 0.2) is 0 Å². The van der Waals surface area contributed by atoms with Crippen molar-refractivity contribution in [2.45, 2.75) is 74.7 Å². The van der Waals surface area contributed by atoms with E-state index in [4.69, 9.17) is 0 Å². The fourth-order valence-electron chi connectivity index (χ4n) is 4.18. The van der Waals surface area contributed by atoms with Crippen LogP contribution in [0.25, 0.3) is 0 Å². The Hall–Kier alpha value is -0.220. The Labute approximate surface area is 120 Å². The molecule has 0 aromatic heterocycles. The Bertz CT molecular complexity index is 324. The van der Waals surface area contributed by atoms with E-state index in [1.807, 2.05) is 11.8 Å². The van der Waals surface area contributed by atoms with E-state index >= 15 is 0 Å². The topological polar surface area (TPSA) is 41.1 Å². The van der Waals surface area contributed by atoms with Gasteiger partial charge in [-0.25, -0.2) is 0 Å². The van der Waals surface area contributed by atoms with Crippen LogP contribution in [0, 0.1) is 5.92 Å². The highest BCUT2D eigenvalue weighted by atomic mass is 32.2. The first-order chi connectivity index (χ1) is 9.22.